The maximum Gasteiger partial charge on any atom is 0.256 e. The fourth-order valence-electron chi connectivity index (χ4n) is 3.06. The predicted molar refractivity (Wildman–Crippen MR) is 92.3 cm³/mol. The minimum atomic E-state index is -0.580. The summed E-state index contributed by atoms with van der Waals surface area (Å²) in [6.07, 6.45) is 3.08. The van der Waals surface area contributed by atoms with Crippen molar-refractivity contribution in [2.45, 2.75) is 25.4 Å². The number of ether oxygens (including phenoxy) is 1. The third-order valence-electron chi connectivity index (χ3n) is 4.48. The Morgan fingerprint density at radius 2 is 1.84 bits per heavy atom. The lowest BCUT2D eigenvalue weighted by Crippen LogP contribution is -2.37. The third-order valence-corrected chi connectivity index (χ3v) is 4.48. The second kappa shape index (κ2) is 7.74. The van der Waals surface area contributed by atoms with Crippen LogP contribution in [0.5, 0.6) is 0 Å². The van der Waals surface area contributed by atoms with Crippen molar-refractivity contribution in [2.24, 2.45) is 0 Å². The number of carbonyl (C=O) groups excluding carboxylic acids is 1. The SMILES string of the molecule is CN(CC1CCCCO1)C(=O)c1ccc(-c2ccc(F)cc2)cc1F. The Morgan fingerprint density at radius 3 is 2.48 bits per heavy atom. The van der Waals surface area contributed by atoms with Crippen LogP contribution in [0.4, 0.5) is 8.78 Å². The van der Waals surface area contributed by atoms with Gasteiger partial charge in [-0.15, -0.1) is 0 Å². The van der Waals surface area contributed by atoms with Gasteiger partial charge in [-0.2, -0.15) is 0 Å². The highest BCUT2D eigenvalue weighted by atomic mass is 19.1. The molecule has 1 aliphatic rings. The maximum absolute atomic E-state index is 14.5. The summed E-state index contributed by atoms with van der Waals surface area (Å²) in [5, 5.41) is 0. The number of carbonyl (C=O) groups is 1. The van der Waals surface area contributed by atoms with Crippen LogP contribution in [0.25, 0.3) is 11.1 Å². The predicted octanol–water partition coefficient (Wildman–Crippen LogP) is 4.27. The molecular weight excluding hydrogens is 324 g/mol. The van der Waals surface area contributed by atoms with Gasteiger partial charge in [0.25, 0.3) is 5.91 Å². The van der Waals surface area contributed by atoms with Crippen LogP contribution in [-0.2, 0) is 4.74 Å². The highest BCUT2D eigenvalue weighted by Crippen LogP contribution is 2.23. The summed E-state index contributed by atoms with van der Waals surface area (Å²) in [7, 11) is 1.66. The average molecular weight is 345 g/mol. The number of hydrogen-bond donors (Lipinski definition) is 0. The van der Waals surface area contributed by atoms with Crippen molar-refractivity contribution in [1.29, 1.82) is 0 Å². The summed E-state index contributed by atoms with van der Waals surface area (Å²) < 4.78 is 33.1. The van der Waals surface area contributed by atoms with E-state index in [0.29, 0.717) is 24.3 Å². The third kappa shape index (κ3) is 4.23. The van der Waals surface area contributed by atoms with Crippen molar-refractivity contribution in [2.75, 3.05) is 20.2 Å². The molecule has 2 aromatic rings. The molecule has 0 aromatic heterocycles. The normalized spacial score (nSPS) is 17.3. The standard InChI is InChI=1S/C20H21F2NO2/c1-23(13-17-4-2-3-11-25-17)20(24)18-10-7-15(12-19(18)22)14-5-8-16(21)9-6-14/h5-10,12,17H,2-4,11,13H2,1H3. The van der Waals surface area contributed by atoms with Crippen LogP contribution in [0.1, 0.15) is 29.6 Å². The van der Waals surface area contributed by atoms with Crippen molar-refractivity contribution < 1.29 is 18.3 Å². The molecule has 0 bridgehead atoms. The van der Waals surface area contributed by atoms with Crippen LogP contribution < -0.4 is 0 Å². The van der Waals surface area contributed by atoms with E-state index in [-0.39, 0.29) is 23.4 Å². The van der Waals surface area contributed by atoms with Gasteiger partial charge in [-0.05, 0) is 54.7 Å². The quantitative estimate of drug-likeness (QED) is 0.828. The fraction of sp³-hybridized carbons (Fsp3) is 0.350. The zero-order valence-corrected chi connectivity index (χ0v) is 14.2. The molecule has 1 saturated heterocycles. The van der Waals surface area contributed by atoms with E-state index >= 15 is 0 Å². The maximum atomic E-state index is 14.5. The van der Waals surface area contributed by atoms with Crippen LogP contribution in [0.3, 0.4) is 0 Å². The molecule has 0 saturated carbocycles. The van der Waals surface area contributed by atoms with Crippen molar-refractivity contribution in [1.82, 2.24) is 4.90 Å². The first-order chi connectivity index (χ1) is 12.0. The summed E-state index contributed by atoms with van der Waals surface area (Å²) >= 11 is 0. The topological polar surface area (TPSA) is 29.5 Å². The Labute approximate surface area is 146 Å². The summed E-state index contributed by atoms with van der Waals surface area (Å²) in [6, 6.07) is 10.3. The number of benzene rings is 2. The summed E-state index contributed by atoms with van der Waals surface area (Å²) in [4.78, 5) is 14.0. The minimum Gasteiger partial charge on any atom is -0.376 e. The van der Waals surface area contributed by atoms with E-state index in [4.69, 9.17) is 4.74 Å². The fourth-order valence-corrected chi connectivity index (χ4v) is 3.06. The number of rotatable bonds is 4. The van der Waals surface area contributed by atoms with Gasteiger partial charge in [0.2, 0.25) is 0 Å². The minimum absolute atomic E-state index is 0.0178. The molecule has 1 heterocycles. The second-order valence-electron chi connectivity index (χ2n) is 6.38. The van der Waals surface area contributed by atoms with Crippen LogP contribution in [0, 0.1) is 11.6 Å². The number of likely N-dealkylation sites (N-methyl/N-ethyl adjacent to an activating group) is 1. The van der Waals surface area contributed by atoms with Crippen molar-refractivity contribution in [3.05, 3.63) is 59.7 Å². The highest BCUT2D eigenvalue weighted by molar-refractivity contribution is 5.94. The van der Waals surface area contributed by atoms with E-state index < -0.39 is 5.82 Å². The van der Waals surface area contributed by atoms with Gasteiger partial charge in [-0.25, -0.2) is 8.78 Å². The van der Waals surface area contributed by atoms with E-state index in [0.717, 1.165) is 19.3 Å². The van der Waals surface area contributed by atoms with Gasteiger partial charge in [-0.3, -0.25) is 4.79 Å². The number of nitrogens with zero attached hydrogens (tertiary/aromatic N) is 1. The Balaban J connectivity index is 1.73. The molecule has 25 heavy (non-hydrogen) atoms. The number of amides is 1. The van der Waals surface area contributed by atoms with E-state index in [9.17, 15) is 13.6 Å². The molecule has 1 atom stereocenters. The Hall–Kier alpha value is -2.27. The largest absolute Gasteiger partial charge is 0.376 e. The molecule has 3 rings (SSSR count). The monoisotopic (exact) mass is 345 g/mol. The van der Waals surface area contributed by atoms with Crippen molar-refractivity contribution in [3.8, 4) is 11.1 Å². The van der Waals surface area contributed by atoms with E-state index in [1.165, 1.54) is 29.2 Å². The highest BCUT2D eigenvalue weighted by Gasteiger charge is 2.22. The summed E-state index contributed by atoms with van der Waals surface area (Å²) in [5.41, 5.74) is 1.33. The van der Waals surface area contributed by atoms with Gasteiger partial charge >= 0.3 is 0 Å². The zero-order valence-electron chi connectivity index (χ0n) is 14.2. The molecular formula is C20H21F2NO2. The summed E-state index contributed by atoms with van der Waals surface area (Å²) in [5.74, 6) is -1.29. The van der Waals surface area contributed by atoms with Gasteiger partial charge in [0.05, 0.1) is 11.7 Å². The Bertz CT molecular complexity index is 740. The molecule has 132 valence electrons. The van der Waals surface area contributed by atoms with Gasteiger partial charge in [0, 0.05) is 20.2 Å². The zero-order chi connectivity index (χ0) is 17.8. The Kier molecular flexibility index (Phi) is 5.43. The van der Waals surface area contributed by atoms with Gasteiger partial charge in [0.1, 0.15) is 11.6 Å². The molecule has 1 fully saturated rings. The smallest absolute Gasteiger partial charge is 0.256 e. The molecule has 0 radical (unpaired) electrons. The van der Waals surface area contributed by atoms with Gasteiger partial charge < -0.3 is 9.64 Å². The van der Waals surface area contributed by atoms with Crippen LogP contribution in [0.15, 0.2) is 42.5 Å². The van der Waals surface area contributed by atoms with Crippen LogP contribution in [0.2, 0.25) is 0 Å². The second-order valence-corrected chi connectivity index (χ2v) is 6.38. The molecule has 3 nitrogen and oxygen atoms in total. The van der Waals surface area contributed by atoms with Gasteiger partial charge in [-0.1, -0.05) is 18.2 Å². The molecule has 0 aliphatic carbocycles. The first-order valence-electron chi connectivity index (χ1n) is 8.47. The molecule has 0 N–H and O–H groups in total. The lowest BCUT2D eigenvalue weighted by Gasteiger charge is -2.27. The number of hydrogen-bond acceptors (Lipinski definition) is 2. The molecule has 0 spiro atoms. The van der Waals surface area contributed by atoms with E-state index in [2.05, 4.69) is 0 Å². The van der Waals surface area contributed by atoms with E-state index in [1.807, 2.05) is 0 Å². The molecule has 1 unspecified atom stereocenters. The number of halogens is 2. The van der Waals surface area contributed by atoms with Crippen LogP contribution in [-0.4, -0.2) is 37.1 Å². The van der Waals surface area contributed by atoms with Crippen LogP contribution >= 0.6 is 0 Å². The molecule has 5 heteroatoms. The Morgan fingerprint density at radius 1 is 1.12 bits per heavy atom. The van der Waals surface area contributed by atoms with Crippen molar-refractivity contribution >= 4 is 5.91 Å². The average Bonchev–Trinajstić information content (AvgIpc) is 2.62. The summed E-state index contributed by atoms with van der Waals surface area (Å²) in [6.45, 7) is 1.17. The lowest BCUT2D eigenvalue weighted by atomic mass is 10.0. The van der Waals surface area contributed by atoms with Crippen molar-refractivity contribution in [3.63, 3.8) is 0 Å². The lowest BCUT2D eigenvalue weighted by molar-refractivity contribution is -0.000269. The first-order valence-corrected chi connectivity index (χ1v) is 8.47. The van der Waals surface area contributed by atoms with Gasteiger partial charge in [0.15, 0.2) is 0 Å². The van der Waals surface area contributed by atoms with E-state index in [1.54, 1.807) is 25.2 Å². The molecule has 2 aromatic carbocycles. The molecule has 1 amide bonds. The first kappa shape index (κ1) is 17.5. The molecule has 1 aliphatic heterocycles.